The second-order valence-corrected chi connectivity index (χ2v) is 7.33. The smallest absolute Gasteiger partial charge is 0.262 e. The third-order valence-electron chi connectivity index (χ3n) is 5.50. The molecule has 2 aromatic heterocycles. The van der Waals surface area contributed by atoms with Gasteiger partial charge >= 0.3 is 0 Å². The highest BCUT2D eigenvalue weighted by Crippen LogP contribution is 2.34. The van der Waals surface area contributed by atoms with Crippen LogP contribution in [0, 0.1) is 0 Å². The average Bonchev–Trinajstić information content (AvgIpc) is 2.86. The standard InChI is InChI=1S/C20H18F2N4O/c21-20(22)10-14-11-26-18(6-8-25(14)12-20)24-17-9-13(4-5-15(17)19(26)27)16-3-1-2-7-23-16/h1-5,7,9,14H,6,8,10-12H2. The average molecular weight is 368 g/mol. The number of alkyl halides is 2. The van der Waals surface area contributed by atoms with Crippen LogP contribution in [0.5, 0.6) is 0 Å². The Bertz CT molecular complexity index is 1080. The lowest BCUT2D eigenvalue weighted by atomic mass is 10.1. The van der Waals surface area contributed by atoms with E-state index in [0.717, 1.165) is 11.3 Å². The summed E-state index contributed by atoms with van der Waals surface area (Å²) >= 11 is 0. The van der Waals surface area contributed by atoms with E-state index in [1.165, 1.54) is 0 Å². The molecule has 1 aromatic carbocycles. The molecule has 0 N–H and O–H groups in total. The van der Waals surface area contributed by atoms with Gasteiger partial charge in [0.1, 0.15) is 5.82 Å². The predicted molar refractivity (Wildman–Crippen MR) is 97.9 cm³/mol. The molecule has 0 spiro atoms. The van der Waals surface area contributed by atoms with Crippen molar-refractivity contribution in [1.82, 2.24) is 19.4 Å². The molecule has 0 amide bonds. The summed E-state index contributed by atoms with van der Waals surface area (Å²) in [7, 11) is 0. The highest BCUT2D eigenvalue weighted by atomic mass is 19.3. The summed E-state index contributed by atoms with van der Waals surface area (Å²) in [5.74, 6) is -2.00. The van der Waals surface area contributed by atoms with E-state index in [9.17, 15) is 13.6 Å². The molecule has 1 unspecified atom stereocenters. The molecule has 5 rings (SSSR count). The van der Waals surface area contributed by atoms with E-state index in [4.69, 9.17) is 4.98 Å². The van der Waals surface area contributed by atoms with Gasteiger partial charge in [-0.1, -0.05) is 12.1 Å². The van der Waals surface area contributed by atoms with Gasteiger partial charge in [0.15, 0.2) is 0 Å². The van der Waals surface area contributed by atoms with Crippen LogP contribution in [0.25, 0.3) is 22.2 Å². The van der Waals surface area contributed by atoms with Crippen LogP contribution in [0.3, 0.4) is 0 Å². The minimum Gasteiger partial charge on any atom is -0.294 e. The lowest BCUT2D eigenvalue weighted by molar-refractivity contribution is 0.0118. The van der Waals surface area contributed by atoms with E-state index >= 15 is 0 Å². The van der Waals surface area contributed by atoms with Crippen molar-refractivity contribution >= 4 is 10.9 Å². The Hall–Kier alpha value is -2.67. The first-order valence-corrected chi connectivity index (χ1v) is 9.07. The molecule has 0 radical (unpaired) electrons. The van der Waals surface area contributed by atoms with Crippen LogP contribution in [-0.4, -0.2) is 44.5 Å². The van der Waals surface area contributed by atoms with Gasteiger partial charge in [0.2, 0.25) is 0 Å². The second-order valence-electron chi connectivity index (χ2n) is 7.33. The number of pyridine rings is 1. The Labute approximate surface area is 154 Å². The molecule has 27 heavy (non-hydrogen) atoms. The van der Waals surface area contributed by atoms with Crippen molar-refractivity contribution < 1.29 is 8.78 Å². The fraction of sp³-hybridized carbons (Fsp3) is 0.350. The van der Waals surface area contributed by atoms with Crippen LogP contribution in [0.15, 0.2) is 47.4 Å². The molecule has 1 saturated heterocycles. The van der Waals surface area contributed by atoms with Crippen LogP contribution < -0.4 is 5.56 Å². The molecule has 138 valence electrons. The lowest BCUT2D eigenvalue weighted by Crippen LogP contribution is -2.34. The summed E-state index contributed by atoms with van der Waals surface area (Å²) < 4.78 is 29.1. The molecule has 5 nitrogen and oxygen atoms in total. The fourth-order valence-corrected chi connectivity index (χ4v) is 4.20. The van der Waals surface area contributed by atoms with Crippen LogP contribution >= 0.6 is 0 Å². The second kappa shape index (κ2) is 5.92. The Morgan fingerprint density at radius 1 is 1.19 bits per heavy atom. The number of halogens is 2. The molecule has 1 atom stereocenters. The highest BCUT2D eigenvalue weighted by Gasteiger charge is 2.45. The zero-order chi connectivity index (χ0) is 18.6. The van der Waals surface area contributed by atoms with Crippen molar-refractivity contribution in [1.29, 1.82) is 0 Å². The predicted octanol–water partition coefficient (Wildman–Crippen LogP) is 2.72. The number of fused-ring (bicyclic) bond motifs is 3. The first-order chi connectivity index (χ1) is 13.0. The summed E-state index contributed by atoms with van der Waals surface area (Å²) in [6.07, 6.45) is 2.02. The largest absolute Gasteiger partial charge is 0.294 e. The normalized spacial score (nSPS) is 21.6. The van der Waals surface area contributed by atoms with Crippen LogP contribution in [-0.2, 0) is 13.0 Å². The van der Waals surface area contributed by atoms with Gasteiger partial charge in [0.05, 0.1) is 23.1 Å². The van der Waals surface area contributed by atoms with Crippen molar-refractivity contribution in [2.24, 2.45) is 0 Å². The van der Waals surface area contributed by atoms with Gasteiger partial charge in [-0.15, -0.1) is 0 Å². The van der Waals surface area contributed by atoms with Gasteiger partial charge in [-0.25, -0.2) is 13.8 Å². The first-order valence-electron chi connectivity index (χ1n) is 9.07. The van der Waals surface area contributed by atoms with Crippen molar-refractivity contribution in [2.75, 3.05) is 13.1 Å². The molecule has 0 aliphatic carbocycles. The van der Waals surface area contributed by atoms with Gasteiger partial charge in [-0.3, -0.25) is 19.2 Å². The summed E-state index contributed by atoms with van der Waals surface area (Å²) in [5.41, 5.74) is 2.19. The first kappa shape index (κ1) is 16.5. The zero-order valence-corrected chi connectivity index (χ0v) is 14.6. The van der Waals surface area contributed by atoms with Crippen molar-refractivity contribution in [2.45, 2.75) is 31.4 Å². The van der Waals surface area contributed by atoms with E-state index in [0.29, 0.717) is 29.7 Å². The Morgan fingerprint density at radius 2 is 2.07 bits per heavy atom. The van der Waals surface area contributed by atoms with E-state index in [-0.39, 0.29) is 31.1 Å². The molecular weight excluding hydrogens is 350 g/mol. The van der Waals surface area contributed by atoms with Crippen molar-refractivity contribution in [3.63, 3.8) is 0 Å². The number of rotatable bonds is 1. The molecule has 1 fully saturated rings. The molecule has 7 heteroatoms. The van der Waals surface area contributed by atoms with Crippen molar-refractivity contribution in [3.8, 4) is 11.3 Å². The number of aromatic nitrogens is 3. The van der Waals surface area contributed by atoms with Gasteiger partial charge in [0.25, 0.3) is 11.5 Å². The van der Waals surface area contributed by atoms with Crippen LogP contribution in [0.4, 0.5) is 8.78 Å². The van der Waals surface area contributed by atoms with E-state index < -0.39 is 5.92 Å². The molecule has 4 heterocycles. The summed E-state index contributed by atoms with van der Waals surface area (Å²) in [4.78, 5) is 23.9. The number of benzene rings is 1. The van der Waals surface area contributed by atoms with Gasteiger partial charge in [-0.2, -0.15) is 0 Å². The summed E-state index contributed by atoms with van der Waals surface area (Å²) in [5, 5.41) is 0.511. The number of nitrogens with zero attached hydrogens (tertiary/aromatic N) is 4. The summed E-state index contributed by atoms with van der Waals surface area (Å²) in [6.45, 7) is 0.538. The maximum atomic E-state index is 13.8. The fourth-order valence-electron chi connectivity index (χ4n) is 4.20. The molecule has 0 bridgehead atoms. The monoisotopic (exact) mass is 368 g/mol. The molecule has 2 aliphatic heterocycles. The minimum atomic E-state index is -2.67. The SMILES string of the molecule is O=c1c2ccc(-c3ccccn3)cc2nc2n1CC1CC(F)(F)CN1CC2. The maximum Gasteiger partial charge on any atom is 0.262 e. The summed E-state index contributed by atoms with van der Waals surface area (Å²) in [6, 6.07) is 10.8. The third kappa shape index (κ3) is 2.82. The van der Waals surface area contributed by atoms with Crippen LogP contribution in [0.1, 0.15) is 12.2 Å². The molecule has 3 aromatic rings. The quantitative estimate of drug-likeness (QED) is 0.663. The van der Waals surface area contributed by atoms with E-state index in [1.54, 1.807) is 21.7 Å². The maximum absolute atomic E-state index is 13.8. The van der Waals surface area contributed by atoms with E-state index in [2.05, 4.69) is 4.98 Å². The van der Waals surface area contributed by atoms with Crippen molar-refractivity contribution in [3.05, 3.63) is 58.8 Å². The third-order valence-corrected chi connectivity index (χ3v) is 5.50. The molecular formula is C20H18F2N4O. The zero-order valence-electron chi connectivity index (χ0n) is 14.6. The van der Waals surface area contributed by atoms with Crippen LogP contribution in [0.2, 0.25) is 0 Å². The number of hydrogen-bond donors (Lipinski definition) is 0. The Balaban J connectivity index is 1.60. The lowest BCUT2D eigenvalue weighted by Gasteiger charge is -2.19. The van der Waals surface area contributed by atoms with E-state index in [1.807, 2.05) is 30.3 Å². The minimum absolute atomic E-state index is 0.153. The Morgan fingerprint density at radius 3 is 2.89 bits per heavy atom. The van der Waals surface area contributed by atoms with Gasteiger partial charge in [0, 0.05) is 43.7 Å². The Kier molecular flexibility index (Phi) is 3.62. The molecule has 2 aliphatic rings. The highest BCUT2D eigenvalue weighted by molar-refractivity contribution is 5.83. The van der Waals surface area contributed by atoms with Gasteiger partial charge < -0.3 is 0 Å². The molecule has 0 saturated carbocycles. The topological polar surface area (TPSA) is 51.0 Å². The number of hydrogen-bond acceptors (Lipinski definition) is 4. The van der Waals surface area contributed by atoms with Gasteiger partial charge in [-0.05, 0) is 24.3 Å².